The van der Waals surface area contributed by atoms with Gasteiger partial charge < -0.3 is 29.3 Å². The average molecular weight is 924 g/mol. The predicted molar refractivity (Wildman–Crippen MR) is 265 cm³/mol. The maximum absolute atomic E-state index is 14.1. The topological polar surface area (TPSA) is 114 Å². The first kappa shape index (κ1) is 45.4. The molecule has 9 rings (SSSR count). The second-order valence-electron chi connectivity index (χ2n) is 17.7. The fourth-order valence-electron chi connectivity index (χ4n) is 9.87. The first-order chi connectivity index (χ1) is 32.2. The molecule has 0 aromatic heterocycles. The molecule has 2 atom stereocenters. The SMILES string of the molecule is CCC(=O)CCCSSCCCC(=O)Nc1cc(COc2cc3c(cc2C)C(=O)N2c4ccccc4C[C@H]2CC3)cc(COc2cc3c(cc2OC)C(=O)N2c4ccccc4C[C@H]2CC3)c1. The normalized spacial score (nSPS) is 16.8. The van der Waals surface area contributed by atoms with Crippen molar-refractivity contribution in [3.63, 3.8) is 0 Å². The van der Waals surface area contributed by atoms with Crippen molar-refractivity contribution in [2.75, 3.05) is 33.7 Å². The van der Waals surface area contributed by atoms with Crippen LogP contribution >= 0.6 is 21.6 Å². The van der Waals surface area contributed by atoms with Gasteiger partial charge in [-0.1, -0.05) is 64.9 Å². The Labute approximate surface area is 395 Å². The van der Waals surface area contributed by atoms with Crippen LogP contribution in [-0.2, 0) is 48.5 Å². The lowest BCUT2D eigenvalue weighted by atomic mass is 9.98. The van der Waals surface area contributed by atoms with E-state index in [1.165, 1.54) is 11.1 Å². The summed E-state index contributed by atoms with van der Waals surface area (Å²) in [6.45, 7) is 4.29. The fraction of sp³-hybridized carbons (Fsp3) is 0.370. The Hall–Kier alpha value is -5.72. The molecule has 0 radical (unpaired) electrons. The minimum absolute atomic E-state index is 0.0183. The quantitative estimate of drug-likeness (QED) is 0.0678. The van der Waals surface area contributed by atoms with Gasteiger partial charge in [-0.3, -0.25) is 19.2 Å². The van der Waals surface area contributed by atoms with Gasteiger partial charge in [0.1, 0.15) is 24.7 Å². The van der Waals surface area contributed by atoms with Crippen molar-refractivity contribution in [3.05, 3.63) is 141 Å². The molecule has 0 unspecified atom stereocenters. The number of ketones is 1. The van der Waals surface area contributed by atoms with Crippen LogP contribution in [-0.4, -0.2) is 54.2 Å². The molecule has 342 valence electrons. The van der Waals surface area contributed by atoms with Crippen molar-refractivity contribution in [3.8, 4) is 17.2 Å². The number of Topliss-reactive ketones (excluding diaryl/α,β-unsaturated/α-hetero) is 1. The number of anilines is 3. The molecule has 0 spiro atoms. The molecule has 3 amide bonds. The number of amides is 3. The Morgan fingerprint density at radius 3 is 1.80 bits per heavy atom. The number of nitrogens with zero attached hydrogens (tertiary/aromatic N) is 2. The number of carbonyl (C=O) groups excluding carboxylic acids is 4. The second-order valence-corrected chi connectivity index (χ2v) is 20.4. The maximum atomic E-state index is 14.1. The van der Waals surface area contributed by atoms with Gasteiger partial charge in [0.15, 0.2) is 11.5 Å². The van der Waals surface area contributed by atoms with Gasteiger partial charge in [0.2, 0.25) is 5.91 Å². The number of methoxy groups -OCH3 is 1. The van der Waals surface area contributed by atoms with Crippen molar-refractivity contribution in [1.82, 2.24) is 0 Å². The average Bonchev–Trinajstić information content (AvgIpc) is 3.82. The summed E-state index contributed by atoms with van der Waals surface area (Å²) in [5, 5.41) is 3.13. The molecular weight excluding hydrogens is 867 g/mol. The highest BCUT2D eigenvalue weighted by Crippen LogP contribution is 2.42. The van der Waals surface area contributed by atoms with Gasteiger partial charge >= 0.3 is 0 Å². The predicted octanol–water partition coefficient (Wildman–Crippen LogP) is 11.1. The number of hydrogen-bond acceptors (Lipinski definition) is 9. The number of hydrogen-bond donors (Lipinski definition) is 1. The number of ether oxygens (including phenoxy) is 3. The highest BCUT2D eigenvalue weighted by molar-refractivity contribution is 8.76. The van der Waals surface area contributed by atoms with Crippen LogP contribution in [0.4, 0.5) is 17.1 Å². The van der Waals surface area contributed by atoms with Crippen LogP contribution in [0.2, 0.25) is 0 Å². The van der Waals surface area contributed by atoms with E-state index < -0.39 is 0 Å². The van der Waals surface area contributed by atoms with E-state index in [2.05, 4.69) is 17.4 Å². The van der Waals surface area contributed by atoms with Gasteiger partial charge in [0, 0.05) is 71.0 Å². The Kier molecular flexibility index (Phi) is 14.1. The van der Waals surface area contributed by atoms with Gasteiger partial charge in [-0.2, -0.15) is 0 Å². The van der Waals surface area contributed by atoms with Gasteiger partial charge in [-0.05, 0) is 152 Å². The molecule has 0 aliphatic carbocycles. The number of benzene rings is 5. The number of fused-ring (bicyclic) bond motifs is 8. The molecule has 10 nitrogen and oxygen atoms in total. The van der Waals surface area contributed by atoms with Crippen LogP contribution in [0, 0.1) is 6.92 Å². The molecule has 0 fully saturated rings. The number of para-hydroxylation sites is 2. The summed E-state index contributed by atoms with van der Waals surface area (Å²) < 4.78 is 18.9. The van der Waals surface area contributed by atoms with E-state index in [1.54, 1.807) is 28.7 Å². The zero-order valence-electron chi connectivity index (χ0n) is 38.0. The summed E-state index contributed by atoms with van der Waals surface area (Å²) in [5.41, 5.74) is 10.9. The lowest BCUT2D eigenvalue weighted by Gasteiger charge is -2.23. The highest BCUT2D eigenvalue weighted by Gasteiger charge is 2.39. The van der Waals surface area contributed by atoms with E-state index in [4.69, 9.17) is 14.2 Å². The molecule has 5 aromatic carbocycles. The zero-order valence-corrected chi connectivity index (χ0v) is 39.6. The third kappa shape index (κ3) is 9.86. The number of nitrogens with one attached hydrogen (secondary N) is 1. The standard InChI is InChI=1S/C54H57N3O7S2/c1-4-44(58)13-9-21-65-66-22-10-16-52(59)55-41-25-35(32-63-49-29-37-17-19-42-27-39-11-5-7-14-47(39)56(42)53(60)45(37)23-34(49)2)24-36(26-41)33-64-51-30-38-18-20-43-28-40-12-6-8-15-48(40)57(43)54(61)46(38)31-50(51)62-3/h5-8,11-12,14-15,23-26,29-31,42-43H,4,9-10,13,16-22,27-28,32-33H2,1-3H3,(H,55,59)/t42-,43-/m1/s1. The van der Waals surface area contributed by atoms with Crippen LogP contribution < -0.4 is 29.3 Å². The first-order valence-electron chi connectivity index (χ1n) is 23.3. The van der Waals surface area contributed by atoms with E-state index in [0.717, 1.165) is 113 Å². The summed E-state index contributed by atoms with van der Waals surface area (Å²) in [7, 11) is 5.08. The first-order valence-corrected chi connectivity index (χ1v) is 25.8. The summed E-state index contributed by atoms with van der Waals surface area (Å²) >= 11 is 0. The molecule has 4 aliphatic rings. The minimum atomic E-state index is -0.0753. The number of aryl methyl sites for hydroxylation is 3. The molecule has 1 N–H and O–H groups in total. The van der Waals surface area contributed by atoms with Crippen LogP contribution in [0.1, 0.15) is 112 Å². The van der Waals surface area contributed by atoms with Crippen molar-refractivity contribution >= 4 is 62.2 Å². The summed E-state index contributed by atoms with van der Waals surface area (Å²) in [6.07, 6.45) is 8.15. The summed E-state index contributed by atoms with van der Waals surface area (Å²) in [5.74, 6) is 3.75. The molecule has 12 heteroatoms. The third-order valence-electron chi connectivity index (χ3n) is 13.2. The molecule has 0 bridgehead atoms. The Balaban J connectivity index is 0.906. The smallest absolute Gasteiger partial charge is 0.258 e. The largest absolute Gasteiger partial charge is 0.493 e. The molecule has 0 saturated carbocycles. The van der Waals surface area contributed by atoms with E-state index in [-0.39, 0.29) is 43.0 Å². The Bertz CT molecular complexity index is 2670. The monoisotopic (exact) mass is 923 g/mol. The molecule has 66 heavy (non-hydrogen) atoms. The fourth-order valence-corrected chi connectivity index (χ4v) is 12.0. The van der Waals surface area contributed by atoms with Crippen LogP contribution in [0.5, 0.6) is 17.2 Å². The lowest BCUT2D eigenvalue weighted by molar-refractivity contribution is -0.119. The highest BCUT2D eigenvalue weighted by atomic mass is 33.1. The van der Waals surface area contributed by atoms with Gasteiger partial charge in [0.25, 0.3) is 11.8 Å². The molecular formula is C54H57N3O7S2. The van der Waals surface area contributed by atoms with Gasteiger partial charge in [-0.25, -0.2) is 0 Å². The minimum Gasteiger partial charge on any atom is -0.493 e. The number of rotatable bonds is 18. The summed E-state index contributed by atoms with van der Waals surface area (Å²) in [6, 6.07) is 30.3. The Morgan fingerprint density at radius 2 is 1.21 bits per heavy atom. The molecule has 4 aliphatic heterocycles. The molecule has 5 aromatic rings. The van der Waals surface area contributed by atoms with E-state index in [1.807, 2.05) is 103 Å². The van der Waals surface area contributed by atoms with Crippen molar-refractivity contribution < 1.29 is 33.4 Å². The van der Waals surface area contributed by atoms with Crippen LogP contribution in [0.15, 0.2) is 91.0 Å². The Morgan fingerprint density at radius 1 is 0.667 bits per heavy atom. The van der Waals surface area contributed by atoms with Gasteiger partial charge in [0.05, 0.1) is 7.11 Å². The maximum Gasteiger partial charge on any atom is 0.258 e. The van der Waals surface area contributed by atoms with Gasteiger partial charge in [-0.15, -0.1) is 0 Å². The van der Waals surface area contributed by atoms with Crippen LogP contribution in [0.3, 0.4) is 0 Å². The molecule has 4 heterocycles. The number of carbonyl (C=O) groups is 4. The summed E-state index contributed by atoms with van der Waals surface area (Å²) in [4.78, 5) is 57.0. The van der Waals surface area contributed by atoms with E-state index >= 15 is 0 Å². The van der Waals surface area contributed by atoms with Crippen molar-refractivity contribution in [1.29, 1.82) is 0 Å². The lowest BCUT2D eigenvalue weighted by Crippen LogP contribution is -2.36. The second kappa shape index (κ2) is 20.4. The van der Waals surface area contributed by atoms with E-state index in [0.29, 0.717) is 47.8 Å². The van der Waals surface area contributed by atoms with E-state index in [9.17, 15) is 19.2 Å². The van der Waals surface area contributed by atoms with Crippen molar-refractivity contribution in [2.24, 2.45) is 0 Å². The van der Waals surface area contributed by atoms with Crippen molar-refractivity contribution in [2.45, 2.75) is 110 Å². The zero-order chi connectivity index (χ0) is 45.7. The third-order valence-corrected chi connectivity index (χ3v) is 15.8. The van der Waals surface area contributed by atoms with Crippen LogP contribution in [0.25, 0.3) is 0 Å². The molecule has 0 saturated heterocycles.